The van der Waals surface area contributed by atoms with Gasteiger partial charge in [-0.15, -0.1) is 24.0 Å². The zero-order valence-electron chi connectivity index (χ0n) is 19.1. The maximum absolute atomic E-state index is 11.9. The van der Waals surface area contributed by atoms with E-state index < -0.39 is 0 Å². The fraction of sp³-hybridized carbons (Fsp3) is 0.667. The Morgan fingerprint density at radius 1 is 1.16 bits per heavy atom. The Bertz CT molecular complexity index is 680. The third kappa shape index (κ3) is 8.60. The molecule has 0 bridgehead atoms. The van der Waals surface area contributed by atoms with Crippen molar-refractivity contribution < 1.29 is 4.79 Å². The first kappa shape index (κ1) is 25.9. The van der Waals surface area contributed by atoms with Crippen molar-refractivity contribution in [1.82, 2.24) is 20.9 Å². The van der Waals surface area contributed by atoms with E-state index in [-0.39, 0.29) is 35.8 Å². The number of carbonyl (C=O) groups excluding carboxylic acids is 1. The molecule has 2 fully saturated rings. The van der Waals surface area contributed by atoms with Gasteiger partial charge in [-0.25, -0.2) is 0 Å². The van der Waals surface area contributed by atoms with E-state index in [1.54, 1.807) is 0 Å². The van der Waals surface area contributed by atoms with E-state index >= 15 is 0 Å². The number of hydrogen-bond acceptors (Lipinski definition) is 3. The summed E-state index contributed by atoms with van der Waals surface area (Å²) in [4.78, 5) is 19.2. The van der Waals surface area contributed by atoms with Gasteiger partial charge < -0.3 is 16.0 Å². The molecule has 31 heavy (non-hydrogen) atoms. The van der Waals surface area contributed by atoms with E-state index in [1.165, 1.54) is 12.0 Å². The number of guanidine groups is 1. The Hall–Kier alpha value is -1.35. The third-order valence-electron chi connectivity index (χ3n) is 6.31. The minimum atomic E-state index is 0. The van der Waals surface area contributed by atoms with Crippen LogP contribution in [0.25, 0.3) is 0 Å². The first-order valence-corrected chi connectivity index (χ1v) is 11.8. The van der Waals surface area contributed by atoms with Crippen molar-refractivity contribution >= 4 is 35.8 Å². The molecule has 2 aliphatic rings. The van der Waals surface area contributed by atoms with Crippen LogP contribution in [-0.4, -0.2) is 55.0 Å². The van der Waals surface area contributed by atoms with Gasteiger partial charge >= 0.3 is 0 Å². The van der Waals surface area contributed by atoms with Crippen molar-refractivity contribution in [2.75, 3.05) is 26.2 Å². The summed E-state index contributed by atoms with van der Waals surface area (Å²) in [5.41, 5.74) is 1.38. The van der Waals surface area contributed by atoms with Crippen LogP contribution in [-0.2, 0) is 11.3 Å². The Labute approximate surface area is 205 Å². The zero-order chi connectivity index (χ0) is 21.2. The fourth-order valence-corrected chi connectivity index (χ4v) is 4.21. The van der Waals surface area contributed by atoms with Gasteiger partial charge in [0.05, 0.1) is 0 Å². The molecule has 1 aromatic carbocycles. The highest BCUT2D eigenvalue weighted by molar-refractivity contribution is 14.0. The molecule has 6 nitrogen and oxygen atoms in total. The van der Waals surface area contributed by atoms with Crippen molar-refractivity contribution in [2.24, 2.45) is 10.9 Å². The van der Waals surface area contributed by atoms with Gasteiger partial charge in [0, 0.05) is 50.7 Å². The SMILES string of the molecule is CCNC(=NCCCNC(=O)C1CCC1)NC1CCN(Cc2ccccc2)C(C)C1.I. The lowest BCUT2D eigenvalue weighted by atomic mass is 9.85. The maximum Gasteiger partial charge on any atom is 0.223 e. The van der Waals surface area contributed by atoms with Crippen LogP contribution in [0.1, 0.15) is 57.9 Å². The zero-order valence-corrected chi connectivity index (χ0v) is 21.4. The lowest BCUT2D eigenvalue weighted by Gasteiger charge is -2.38. The Morgan fingerprint density at radius 2 is 1.94 bits per heavy atom. The Kier molecular flexibility index (Phi) is 11.6. The standard InChI is InChI=1S/C24H39N5O.HI/c1-3-25-24(27-15-8-14-26-23(30)21-11-7-12-21)28-22-13-16-29(19(2)17-22)18-20-9-5-4-6-10-20;/h4-6,9-10,19,21-22H,3,7-8,11-18H2,1-2H3,(H,26,30)(H2,25,27,28);1H. The van der Waals surface area contributed by atoms with Crippen LogP contribution < -0.4 is 16.0 Å². The summed E-state index contributed by atoms with van der Waals surface area (Å²) in [6, 6.07) is 11.7. The number of rotatable bonds is 9. The van der Waals surface area contributed by atoms with Gasteiger partial charge in [-0.3, -0.25) is 14.7 Å². The summed E-state index contributed by atoms with van der Waals surface area (Å²) >= 11 is 0. The fourth-order valence-electron chi connectivity index (χ4n) is 4.21. The van der Waals surface area contributed by atoms with E-state index in [1.807, 2.05) is 0 Å². The van der Waals surface area contributed by atoms with Gasteiger partial charge in [0.15, 0.2) is 5.96 Å². The summed E-state index contributed by atoms with van der Waals surface area (Å²) in [6.45, 7) is 8.84. The number of piperidine rings is 1. The molecular formula is C24H40IN5O. The minimum absolute atomic E-state index is 0. The summed E-state index contributed by atoms with van der Waals surface area (Å²) in [5.74, 6) is 1.39. The molecular weight excluding hydrogens is 501 g/mol. The van der Waals surface area contributed by atoms with Crippen LogP contribution in [0, 0.1) is 5.92 Å². The van der Waals surface area contributed by atoms with Gasteiger partial charge in [-0.2, -0.15) is 0 Å². The smallest absolute Gasteiger partial charge is 0.223 e. The predicted octanol–water partition coefficient (Wildman–Crippen LogP) is 3.52. The van der Waals surface area contributed by atoms with Crippen LogP contribution in [0.15, 0.2) is 35.3 Å². The highest BCUT2D eigenvalue weighted by Gasteiger charge is 2.26. The van der Waals surface area contributed by atoms with E-state index in [9.17, 15) is 4.79 Å². The van der Waals surface area contributed by atoms with E-state index in [0.29, 0.717) is 18.6 Å². The normalized spacial score (nSPS) is 22.2. The van der Waals surface area contributed by atoms with Crippen molar-refractivity contribution in [2.45, 2.75) is 71.0 Å². The monoisotopic (exact) mass is 541 g/mol. The molecule has 1 heterocycles. The van der Waals surface area contributed by atoms with Crippen LogP contribution in [0.5, 0.6) is 0 Å². The van der Waals surface area contributed by atoms with Crippen molar-refractivity contribution in [3.63, 3.8) is 0 Å². The molecule has 7 heteroatoms. The van der Waals surface area contributed by atoms with Gasteiger partial charge in [0.25, 0.3) is 0 Å². The van der Waals surface area contributed by atoms with Crippen LogP contribution >= 0.6 is 24.0 Å². The molecule has 3 N–H and O–H groups in total. The number of aliphatic imine (C=N–C) groups is 1. The number of amides is 1. The average Bonchev–Trinajstić information content (AvgIpc) is 2.69. The number of benzene rings is 1. The van der Waals surface area contributed by atoms with Crippen LogP contribution in [0.2, 0.25) is 0 Å². The number of halogens is 1. The lowest BCUT2D eigenvalue weighted by Crippen LogP contribution is -2.51. The van der Waals surface area contributed by atoms with Crippen LogP contribution in [0.4, 0.5) is 0 Å². The average molecular weight is 542 g/mol. The van der Waals surface area contributed by atoms with Crippen LogP contribution in [0.3, 0.4) is 0 Å². The van der Waals surface area contributed by atoms with E-state index in [0.717, 1.165) is 64.2 Å². The number of hydrogen-bond donors (Lipinski definition) is 3. The molecule has 1 amide bonds. The molecule has 2 atom stereocenters. The number of nitrogens with zero attached hydrogens (tertiary/aromatic N) is 2. The lowest BCUT2D eigenvalue weighted by molar-refractivity contribution is -0.127. The first-order chi connectivity index (χ1) is 14.7. The molecule has 1 saturated carbocycles. The predicted molar refractivity (Wildman–Crippen MR) is 139 cm³/mol. The molecule has 0 radical (unpaired) electrons. The molecule has 0 spiro atoms. The topological polar surface area (TPSA) is 68.8 Å². The molecule has 174 valence electrons. The minimum Gasteiger partial charge on any atom is -0.357 e. The third-order valence-corrected chi connectivity index (χ3v) is 6.31. The second-order valence-electron chi connectivity index (χ2n) is 8.70. The quantitative estimate of drug-likeness (QED) is 0.194. The first-order valence-electron chi connectivity index (χ1n) is 11.8. The highest BCUT2D eigenvalue weighted by Crippen LogP contribution is 2.26. The van der Waals surface area contributed by atoms with Crippen molar-refractivity contribution in [1.29, 1.82) is 0 Å². The molecule has 1 aliphatic heterocycles. The molecule has 3 rings (SSSR count). The summed E-state index contributed by atoms with van der Waals surface area (Å²) < 4.78 is 0. The van der Waals surface area contributed by atoms with Gasteiger partial charge in [0.2, 0.25) is 5.91 Å². The molecule has 1 aliphatic carbocycles. The second kappa shape index (κ2) is 13.9. The second-order valence-corrected chi connectivity index (χ2v) is 8.70. The van der Waals surface area contributed by atoms with Gasteiger partial charge in [-0.05, 0) is 51.5 Å². The van der Waals surface area contributed by atoms with E-state index in [2.05, 4.69) is 65.0 Å². The summed E-state index contributed by atoms with van der Waals surface area (Å²) in [6.07, 6.45) is 6.43. The molecule has 2 unspecified atom stereocenters. The van der Waals surface area contributed by atoms with Gasteiger partial charge in [-0.1, -0.05) is 36.8 Å². The summed E-state index contributed by atoms with van der Waals surface area (Å²) in [5, 5.41) is 10.1. The number of carbonyl (C=O) groups is 1. The Morgan fingerprint density at radius 3 is 2.58 bits per heavy atom. The van der Waals surface area contributed by atoms with E-state index in [4.69, 9.17) is 4.99 Å². The molecule has 1 aromatic rings. The molecule has 0 aromatic heterocycles. The highest BCUT2D eigenvalue weighted by atomic mass is 127. The Balaban J connectivity index is 0.00000341. The van der Waals surface area contributed by atoms with Gasteiger partial charge in [0.1, 0.15) is 0 Å². The maximum atomic E-state index is 11.9. The number of nitrogens with one attached hydrogen (secondary N) is 3. The largest absolute Gasteiger partial charge is 0.357 e. The number of likely N-dealkylation sites (tertiary alicyclic amines) is 1. The summed E-state index contributed by atoms with van der Waals surface area (Å²) in [7, 11) is 0. The van der Waals surface area contributed by atoms with Crippen molar-refractivity contribution in [3.05, 3.63) is 35.9 Å². The molecule has 1 saturated heterocycles. The van der Waals surface area contributed by atoms with Crippen molar-refractivity contribution in [3.8, 4) is 0 Å².